The molecule has 3 fully saturated rings. The number of nitrogens with zero attached hydrogens (tertiary/aromatic N) is 5. The SMILES string of the molecule is COC1(C#Cc2ccc3nc(C(=O)N4CCN(C(=O)OC(C)(C)C)C(C)C4)nc(Nc4cc(C5CC5)[nH]n4)c3c2)CCC(C)(C)CC1. The molecule has 1 saturated heterocycles. The minimum atomic E-state index is -0.594. The first kappa shape index (κ1) is 32.8. The molecule has 2 aromatic heterocycles. The molecular weight excluding hydrogens is 594 g/mol. The van der Waals surface area contributed by atoms with E-state index >= 15 is 0 Å². The number of aromatic amines is 1. The smallest absolute Gasteiger partial charge is 0.410 e. The van der Waals surface area contributed by atoms with Gasteiger partial charge in [-0.15, -0.1) is 0 Å². The van der Waals surface area contributed by atoms with Gasteiger partial charge in [-0.2, -0.15) is 5.10 Å². The molecule has 1 unspecified atom stereocenters. The van der Waals surface area contributed by atoms with Crippen LogP contribution in [0.1, 0.15) is 108 Å². The van der Waals surface area contributed by atoms with E-state index in [-0.39, 0.29) is 23.9 Å². The molecule has 11 heteroatoms. The number of ether oxygens (including phenoxy) is 2. The predicted molar refractivity (Wildman–Crippen MR) is 181 cm³/mol. The fourth-order valence-corrected chi connectivity index (χ4v) is 6.29. The summed E-state index contributed by atoms with van der Waals surface area (Å²) in [7, 11) is 1.75. The molecular formula is C36H47N7O4. The van der Waals surface area contributed by atoms with E-state index in [4.69, 9.17) is 19.4 Å². The van der Waals surface area contributed by atoms with Gasteiger partial charge in [0, 0.05) is 61.4 Å². The minimum Gasteiger partial charge on any atom is -0.444 e. The monoisotopic (exact) mass is 641 g/mol. The average molecular weight is 642 g/mol. The Morgan fingerprint density at radius 2 is 1.81 bits per heavy atom. The number of H-pyrrole nitrogens is 1. The highest BCUT2D eigenvalue weighted by atomic mass is 16.6. The van der Waals surface area contributed by atoms with Gasteiger partial charge in [0.25, 0.3) is 5.91 Å². The van der Waals surface area contributed by atoms with E-state index in [0.29, 0.717) is 48.1 Å². The fraction of sp³-hybridized carbons (Fsp3) is 0.583. The number of hydrogen-bond acceptors (Lipinski definition) is 8. The van der Waals surface area contributed by atoms with E-state index < -0.39 is 11.2 Å². The molecule has 1 atom stereocenters. The minimum absolute atomic E-state index is 0.0814. The van der Waals surface area contributed by atoms with Gasteiger partial charge in [-0.1, -0.05) is 25.7 Å². The van der Waals surface area contributed by atoms with Crippen LogP contribution in [0, 0.1) is 17.3 Å². The molecule has 0 spiro atoms. The summed E-state index contributed by atoms with van der Waals surface area (Å²) in [6.07, 6.45) is 5.84. The number of carbonyl (C=O) groups excluding carboxylic acids is 2. The Morgan fingerprint density at radius 1 is 1.06 bits per heavy atom. The number of hydrogen-bond donors (Lipinski definition) is 2. The number of nitrogens with one attached hydrogen (secondary N) is 2. The third kappa shape index (κ3) is 7.54. The van der Waals surface area contributed by atoms with Crippen molar-refractivity contribution in [3.63, 3.8) is 0 Å². The first-order valence-corrected chi connectivity index (χ1v) is 16.7. The molecule has 2 amide bonds. The third-order valence-corrected chi connectivity index (χ3v) is 9.53. The molecule has 3 heterocycles. The van der Waals surface area contributed by atoms with Crippen molar-refractivity contribution in [2.24, 2.45) is 5.41 Å². The lowest BCUT2D eigenvalue weighted by atomic mass is 9.71. The first-order chi connectivity index (χ1) is 22.2. The zero-order valence-corrected chi connectivity index (χ0v) is 28.7. The van der Waals surface area contributed by atoms with Crippen LogP contribution in [0.25, 0.3) is 10.9 Å². The number of fused-ring (bicyclic) bond motifs is 1. The largest absolute Gasteiger partial charge is 0.444 e. The van der Waals surface area contributed by atoms with E-state index in [0.717, 1.165) is 55.2 Å². The quantitative estimate of drug-likeness (QED) is 0.307. The van der Waals surface area contributed by atoms with E-state index in [1.54, 1.807) is 16.9 Å². The molecule has 1 aliphatic heterocycles. The van der Waals surface area contributed by atoms with Crippen LogP contribution in [-0.2, 0) is 9.47 Å². The van der Waals surface area contributed by atoms with Crippen LogP contribution < -0.4 is 5.32 Å². The van der Waals surface area contributed by atoms with Crippen LogP contribution in [0.3, 0.4) is 0 Å². The van der Waals surface area contributed by atoms with E-state index in [1.165, 1.54) is 0 Å². The molecule has 2 aliphatic carbocycles. The Bertz CT molecular complexity index is 1720. The van der Waals surface area contributed by atoms with Gasteiger partial charge in [0.1, 0.15) is 17.0 Å². The molecule has 6 rings (SSSR count). The van der Waals surface area contributed by atoms with Gasteiger partial charge in [-0.25, -0.2) is 14.8 Å². The van der Waals surface area contributed by atoms with Crippen LogP contribution in [0.2, 0.25) is 0 Å². The van der Waals surface area contributed by atoms with Gasteiger partial charge in [0.15, 0.2) is 5.82 Å². The lowest BCUT2D eigenvalue weighted by Crippen LogP contribution is -2.56. The molecule has 11 nitrogen and oxygen atoms in total. The van der Waals surface area contributed by atoms with Crippen molar-refractivity contribution in [3.8, 4) is 11.8 Å². The summed E-state index contributed by atoms with van der Waals surface area (Å²) in [5.74, 6) is 8.23. The summed E-state index contributed by atoms with van der Waals surface area (Å²) in [6, 6.07) is 7.55. The average Bonchev–Trinajstić information content (AvgIpc) is 3.77. The van der Waals surface area contributed by atoms with E-state index in [1.807, 2.05) is 52.0 Å². The van der Waals surface area contributed by atoms with Crippen molar-refractivity contribution in [1.29, 1.82) is 0 Å². The zero-order valence-electron chi connectivity index (χ0n) is 28.7. The molecule has 2 saturated carbocycles. The fourth-order valence-electron chi connectivity index (χ4n) is 6.29. The maximum atomic E-state index is 13.8. The number of piperazine rings is 1. The summed E-state index contributed by atoms with van der Waals surface area (Å²) in [4.78, 5) is 39.4. The summed E-state index contributed by atoms with van der Waals surface area (Å²) in [5, 5.41) is 11.7. The maximum absolute atomic E-state index is 13.8. The van der Waals surface area contributed by atoms with Crippen LogP contribution >= 0.6 is 0 Å². The van der Waals surface area contributed by atoms with Gasteiger partial charge in [0.05, 0.1) is 5.52 Å². The number of benzene rings is 1. The van der Waals surface area contributed by atoms with Crippen molar-refractivity contribution >= 4 is 34.5 Å². The normalized spacial score (nSPS) is 20.8. The second kappa shape index (κ2) is 12.5. The van der Waals surface area contributed by atoms with Crippen LogP contribution in [-0.4, -0.2) is 86.0 Å². The first-order valence-electron chi connectivity index (χ1n) is 16.7. The summed E-state index contributed by atoms with van der Waals surface area (Å²) < 4.78 is 11.5. The van der Waals surface area contributed by atoms with Gasteiger partial charge < -0.3 is 24.6 Å². The number of amides is 2. The van der Waals surface area contributed by atoms with Crippen LogP contribution in [0.15, 0.2) is 24.3 Å². The third-order valence-electron chi connectivity index (χ3n) is 9.53. The molecule has 3 aliphatic rings. The Kier molecular flexibility index (Phi) is 8.68. The lowest BCUT2D eigenvalue weighted by Gasteiger charge is -2.39. The van der Waals surface area contributed by atoms with Crippen molar-refractivity contribution in [1.82, 2.24) is 30.0 Å². The highest BCUT2D eigenvalue weighted by Gasteiger charge is 2.37. The van der Waals surface area contributed by atoms with E-state index in [2.05, 4.69) is 41.2 Å². The Labute approximate surface area is 277 Å². The van der Waals surface area contributed by atoms with Crippen molar-refractivity contribution < 1.29 is 19.1 Å². The second-order valence-electron chi connectivity index (χ2n) is 15.1. The summed E-state index contributed by atoms with van der Waals surface area (Å²) in [6.45, 7) is 13.1. The zero-order chi connectivity index (χ0) is 33.6. The standard InChI is InChI=1S/C36H47N7O4/c1-23-22-42(18-19-43(23)33(45)47-34(2,3)4)32(44)31-37-27-11-8-24(12-13-36(46-7)16-14-35(5,6)15-17-36)20-26(27)30(39-31)38-29-21-28(40-41-29)25-9-10-25/h8,11,20-21,23,25H,9-10,14-19,22H2,1-7H3,(H2,37,38,39,40,41). The molecule has 1 aromatic carbocycles. The molecule has 3 aromatic rings. The van der Waals surface area contributed by atoms with Gasteiger partial charge in [0.2, 0.25) is 5.82 Å². The lowest BCUT2D eigenvalue weighted by molar-refractivity contribution is -0.0162. The number of methoxy groups -OCH3 is 1. The topological polar surface area (TPSA) is 126 Å². The molecule has 0 radical (unpaired) electrons. The van der Waals surface area contributed by atoms with Crippen molar-refractivity contribution in [2.45, 2.75) is 103 Å². The predicted octanol–water partition coefficient (Wildman–Crippen LogP) is 6.39. The van der Waals surface area contributed by atoms with Crippen molar-refractivity contribution in [2.75, 3.05) is 32.1 Å². The van der Waals surface area contributed by atoms with Crippen molar-refractivity contribution in [3.05, 3.63) is 41.3 Å². The second-order valence-corrected chi connectivity index (χ2v) is 15.1. The highest BCUT2D eigenvalue weighted by molar-refractivity contribution is 5.97. The van der Waals surface area contributed by atoms with Gasteiger partial charge in [-0.05, 0) is 89.8 Å². The van der Waals surface area contributed by atoms with Gasteiger partial charge >= 0.3 is 6.09 Å². The van der Waals surface area contributed by atoms with E-state index in [9.17, 15) is 9.59 Å². The Hall–Kier alpha value is -4.17. The Balaban J connectivity index is 1.28. The van der Waals surface area contributed by atoms with Crippen LogP contribution in [0.4, 0.5) is 16.4 Å². The summed E-state index contributed by atoms with van der Waals surface area (Å²) >= 11 is 0. The Morgan fingerprint density at radius 3 is 2.47 bits per heavy atom. The number of anilines is 2. The maximum Gasteiger partial charge on any atom is 0.410 e. The number of aromatic nitrogens is 4. The number of rotatable bonds is 5. The van der Waals surface area contributed by atoms with Crippen LogP contribution in [0.5, 0.6) is 0 Å². The molecule has 2 N–H and O–H groups in total. The van der Waals surface area contributed by atoms with Gasteiger partial charge in [-0.3, -0.25) is 9.89 Å². The molecule has 0 bridgehead atoms. The molecule has 47 heavy (non-hydrogen) atoms. The highest BCUT2D eigenvalue weighted by Crippen LogP contribution is 2.42. The summed E-state index contributed by atoms with van der Waals surface area (Å²) in [5.41, 5.74) is 1.77. The molecule has 250 valence electrons. The number of carbonyl (C=O) groups is 2.